The van der Waals surface area contributed by atoms with E-state index in [9.17, 15) is 8.76 Å². The van der Waals surface area contributed by atoms with Crippen LogP contribution in [0.2, 0.25) is 0 Å². The van der Waals surface area contributed by atoms with Crippen LogP contribution >= 0.6 is 0 Å². The van der Waals surface area contributed by atoms with E-state index >= 15 is 0 Å². The van der Waals surface area contributed by atoms with E-state index in [1.165, 1.54) is 0 Å². The molecule has 1 aromatic rings. The summed E-state index contributed by atoms with van der Waals surface area (Å²) in [6, 6.07) is 5.19. The summed E-state index contributed by atoms with van der Waals surface area (Å²) in [4.78, 5) is 0.251. The Morgan fingerprint density at radius 3 is 2.57 bits per heavy atom. The van der Waals surface area contributed by atoms with Gasteiger partial charge in [0, 0.05) is 0 Å². The van der Waals surface area contributed by atoms with E-state index in [0.717, 1.165) is 0 Å². The summed E-state index contributed by atoms with van der Waals surface area (Å²) >= 11 is -2.24. The summed E-state index contributed by atoms with van der Waals surface area (Å²) in [6.45, 7) is 5.47. The number of hydrogen-bond acceptors (Lipinski definition) is 3. The van der Waals surface area contributed by atoms with Gasteiger partial charge in [-0.1, -0.05) is 12.1 Å². The second-order valence-electron chi connectivity index (χ2n) is 3.30. The van der Waals surface area contributed by atoms with Crippen molar-refractivity contribution < 1.29 is 13.5 Å². The molecule has 1 unspecified atom stereocenters. The van der Waals surface area contributed by atoms with Crippen LogP contribution in [0.5, 0.6) is 5.75 Å². The van der Waals surface area contributed by atoms with Gasteiger partial charge in [-0.3, -0.25) is 4.21 Å². The molecule has 0 saturated carbocycles. The minimum Gasteiger partial charge on any atom is -0.768 e. The second kappa shape index (κ2) is 4.57. The lowest BCUT2D eigenvalue weighted by molar-refractivity contribution is 0.235. The van der Waals surface area contributed by atoms with Gasteiger partial charge in [-0.2, -0.15) is 0 Å². The summed E-state index contributed by atoms with van der Waals surface area (Å²) in [6.07, 6.45) is -0.0286. The van der Waals surface area contributed by atoms with Crippen molar-refractivity contribution in [3.05, 3.63) is 23.8 Å². The molecule has 1 atom stereocenters. The third-order valence-corrected chi connectivity index (χ3v) is 2.56. The molecule has 0 saturated heterocycles. The molecule has 0 fully saturated rings. The van der Waals surface area contributed by atoms with Crippen LogP contribution in [0.15, 0.2) is 23.1 Å². The zero-order chi connectivity index (χ0) is 10.7. The summed E-state index contributed by atoms with van der Waals surface area (Å²) in [7, 11) is 0. The molecule has 0 aliphatic rings. The molecular weight excluding hydrogens is 200 g/mol. The van der Waals surface area contributed by atoms with Gasteiger partial charge in [0.2, 0.25) is 0 Å². The number of aryl methyl sites for hydroxylation is 1. The highest BCUT2D eigenvalue weighted by Gasteiger charge is 2.08. The molecule has 3 nitrogen and oxygen atoms in total. The Morgan fingerprint density at radius 1 is 1.43 bits per heavy atom. The van der Waals surface area contributed by atoms with Gasteiger partial charge in [0.05, 0.1) is 11.0 Å². The highest BCUT2D eigenvalue weighted by atomic mass is 32.2. The summed E-state index contributed by atoms with van der Waals surface area (Å²) < 4.78 is 27.3. The fourth-order valence-corrected chi connectivity index (χ4v) is 1.80. The van der Waals surface area contributed by atoms with Crippen LogP contribution in [0.4, 0.5) is 0 Å². The van der Waals surface area contributed by atoms with Crippen LogP contribution in [-0.2, 0) is 11.1 Å². The molecule has 4 heteroatoms. The van der Waals surface area contributed by atoms with Gasteiger partial charge in [-0.15, -0.1) is 0 Å². The predicted octanol–water partition coefficient (Wildman–Crippen LogP) is 2.02. The molecule has 0 spiro atoms. The summed E-state index contributed by atoms with van der Waals surface area (Å²) in [5, 5.41) is 0. The average Bonchev–Trinajstić information content (AvgIpc) is 2.01. The van der Waals surface area contributed by atoms with E-state index < -0.39 is 11.1 Å². The molecule has 0 aromatic heterocycles. The predicted molar refractivity (Wildman–Crippen MR) is 54.1 cm³/mol. The van der Waals surface area contributed by atoms with Crippen molar-refractivity contribution in [3.8, 4) is 5.75 Å². The quantitative estimate of drug-likeness (QED) is 0.722. The van der Waals surface area contributed by atoms with Crippen LogP contribution in [0.1, 0.15) is 19.4 Å². The molecule has 1 aromatic carbocycles. The van der Waals surface area contributed by atoms with Gasteiger partial charge >= 0.3 is 0 Å². The molecule has 0 N–H and O–H groups in total. The van der Waals surface area contributed by atoms with Gasteiger partial charge in [0.25, 0.3) is 0 Å². The van der Waals surface area contributed by atoms with E-state index in [2.05, 4.69) is 0 Å². The lowest BCUT2D eigenvalue weighted by Gasteiger charge is -2.17. The van der Waals surface area contributed by atoms with Gasteiger partial charge < -0.3 is 9.29 Å². The fraction of sp³-hybridized carbons (Fsp3) is 0.400. The normalized spacial score (nSPS) is 12.9. The van der Waals surface area contributed by atoms with Crippen molar-refractivity contribution in [2.45, 2.75) is 31.8 Å². The first-order valence-corrected chi connectivity index (χ1v) is 5.45. The van der Waals surface area contributed by atoms with E-state index in [-0.39, 0.29) is 11.0 Å². The van der Waals surface area contributed by atoms with Gasteiger partial charge in [-0.25, -0.2) is 0 Å². The Hall–Kier alpha value is -0.870. The molecule has 0 amide bonds. The Labute approximate surface area is 86.4 Å². The lowest BCUT2D eigenvalue weighted by Crippen LogP contribution is -2.08. The fourth-order valence-electron chi connectivity index (χ4n) is 1.19. The Balaban J connectivity index is 3.14. The third kappa shape index (κ3) is 2.56. The van der Waals surface area contributed by atoms with Crippen LogP contribution in [0, 0.1) is 6.92 Å². The van der Waals surface area contributed by atoms with Gasteiger partial charge in [0.15, 0.2) is 0 Å². The van der Waals surface area contributed by atoms with Gasteiger partial charge in [-0.05, 0) is 43.5 Å². The lowest BCUT2D eigenvalue weighted by atomic mass is 10.2. The molecule has 0 bridgehead atoms. The van der Waals surface area contributed by atoms with Crippen molar-refractivity contribution in [1.29, 1.82) is 0 Å². The highest BCUT2D eigenvalue weighted by Crippen LogP contribution is 2.25. The highest BCUT2D eigenvalue weighted by molar-refractivity contribution is 7.79. The van der Waals surface area contributed by atoms with Crippen molar-refractivity contribution in [2.24, 2.45) is 0 Å². The minimum atomic E-state index is -2.24. The minimum absolute atomic E-state index is 0.0286. The molecule has 14 heavy (non-hydrogen) atoms. The van der Waals surface area contributed by atoms with Crippen LogP contribution in [0.3, 0.4) is 0 Å². The zero-order valence-electron chi connectivity index (χ0n) is 8.44. The zero-order valence-corrected chi connectivity index (χ0v) is 9.26. The smallest absolute Gasteiger partial charge is 0.134 e. The maximum absolute atomic E-state index is 10.9. The van der Waals surface area contributed by atoms with Crippen molar-refractivity contribution in [1.82, 2.24) is 0 Å². The first kappa shape index (κ1) is 11.2. The van der Waals surface area contributed by atoms with E-state index in [1.807, 2.05) is 13.8 Å². The van der Waals surface area contributed by atoms with E-state index in [1.54, 1.807) is 25.1 Å². The molecule has 0 heterocycles. The van der Waals surface area contributed by atoms with Crippen molar-refractivity contribution >= 4 is 11.1 Å². The average molecular weight is 213 g/mol. The molecule has 1 rings (SSSR count). The SMILES string of the molecule is Cc1cccc(OC(C)C)c1S(=O)[O-]. The van der Waals surface area contributed by atoms with Crippen molar-refractivity contribution in [2.75, 3.05) is 0 Å². The monoisotopic (exact) mass is 213 g/mol. The first-order valence-electron chi connectivity index (χ1n) is 4.38. The Morgan fingerprint density at radius 2 is 2.07 bits per heavy atom. The maximum atomic E-state index is 10.9. The van der Waals surface area contributed by atoms with E-state index in [4.69, 9.17) is 4.74 Å². The molecule has 0 aliphatic heterocycles. The largest absolute Gasteiger partial charge is 0.768 e. The molecule has 78 valence electrons. The maximum Gasteiger partial charge on any atom is 0.134 e. The van der Waals surface area contributed by atoms with Gasteiger partial charge in [0.1, 0.15) is 5.75 Å². The van der Waals surface area contributed by atoms with E-state index in [0.29, 0.717) is 11.3 Å². The third-order valence-electron chi connectivity index (χ3n) is 1.71. The summed E-state index contributed by atoms with van der Waals surface area (Å²) in [5.41, 5.74) is 0.705. The Bertz CT molecular complexity index is 347. The summed E-state index contributed by atoms with van der Waals surface area (Å²) in [5.74, 6) is 0.424. The number of rotatable bonds is 3. The number of hydrogen-bond donors (Lipinski definition) is 0. The second-order valence-corrected chi connectivity index (χ2v) is 4.18. The van der Waals surface area contributed by atoms with Crippen LogP contribution in [-0.4, -0.2) is 14.9 Å². The van der Waals surface area contributed by atoms with Crippen molar-refractivity contribution in [3.63, 3.8) is 0 Å². The molecular formula is C10H13O3S-. The first-order chi connectivity index (χ1) is 6.52. The van der Waals surface area contributed by atoms with Crippen LogP contribution < -0.4 is 4.74 Å². The number of benzene rings is 1. The Kier molecular flexibility index (Phi) is 3.66. The molecule has 0 radical (unpaired) electrons. The van der Waals surface area contributed by atoms with Crippen LogP contribution in [0.25, 0.3) is 0 Å². The molecule has 0 aliphatic carbocycles. The number of ether oxygens (including phenoxy) is 1. The topological polar surface area (TPSA) is 49.4 Å². The standard InChI is InChI=1S/C10H14O3S/c1-7(2)13-9-6-4-5-8(3)10(9)14(11)12/h4-7H,1-3H3,(H,11,12)/p-1.